The average molecular weight is 447 g/mol. The Morgan fingerprint density at radius 2 is 1.72 bits per heavy atom. The molecule has 0 aliphatic heterocycles. The van der Waals surface area contributed by atoms with Crippen LogP contribution in [0.4, 0.5) is 0 Å². The molecule has 0 aliphatic rings. The van der Waals surface area contributed by atoms with Crippen LogP contribution in [0.2, 0.25) is 15.1 Å². The van der Waals surface area contributed by atoms with Crippen LogP contribution in [0.5, 0.6) is 0 Å². The summed E-state index contributed by atoms with van der Waals surface area (Å²) >= 11 is 18.7. The summed E-state index contributed by atoms with van der Waals surface area (Å²) in [7, 11) is 0. The van der Waals surface area contributed by atoms with Crippen LogP contribution < -0.4 is 0 Å². The third kappa shape index (κ3) is 3.90. The maximum Gasteiger partial charge on any atom is 0.201 e. The zero-order valence-electron chi connectivity index (χ0n) is 15.9. The summed E-state index contributed by atoms with van der Waals surface area (Å²) in [4.78, 5) is 4.61. The van der Waals surface area contributed by atoms with Gasteiger partial charge < -0.3 is 0 Å². The Hall–Kier alpha value is -2.34. The molecule has 4 aromatic rings. The molecule has 0 spiro atoms. The largest absolute Gasteiger partial charge is 0.263 e. The zero-order valence-corrected chi connectivity index (χ0v) is 18.1. The Kier molecular flexibility index (Phi) is 5.63. The van der Waals surface area contributed by atoms with Crippen LogP contribution in [0.15, 0.2) is 42.5 Å². The number of hydrogen-bond donors (Lipinski definition) is 1. The van der Waals surface area contributed by atoms with Gasteiger partial charge in [0.25, 0.3) is 0 Å². The van der Waals surface area contributed by atoms with E-state index in [0.29, 0.717) is 26.6 Å². The molecule has 2 aromatic carbocycles. The molecule has 0 fully saturated rings. The number of nitrogens with zero attached hydrogens (tertiary/aromatic N) is 4. The fourth-order valence-electron chi connectivity index (χ4n) is 3.23. The van der Waals surface area contributed by atoms with Crippen molar-refractivity contribution >= 4 is 34.8 Å². The second-order valence-corrected chi connectivity index (χ2v) is 7.97. The second-order valence-electron chi connectivity index (χ2n) is 6.69. The van der Waals surface area contributed by atoms with E-state index in [1.54, 1.807) is 12.1 Å². The molecule has 0 radical (unpaired) electrons. The molecule has 8 heteroatoms. The van der Waals surface area contributed by atoms with Crippen molar-refractivity contribution in [1.82, 2.24) is 25.0 Å². The molecule has 0 bridgehead atoms. The van der Waals surface area contributed by atoms with Gasteiger partial charge in [0.15, 0.2) is 0 Å². The Labute approximate surface area is 183 Å². The first-order valence-corrected chi connectivity index (χ1v) is 10.3. The first kappa shape index (κ1) is 20.0. The van der Waals surface area contributed by atoms with Gasteiger partial charge in [-0.05, 0) is 43.7 Å². The summed E-state index contributed by atoms with van der Waals surface area (Å²) < 4.78 is 1.81. The topological polar surface area (TPSA) is 59.4 Å². The van der Waals surface area contributed by atoms with Crippen molar-refractivity contribution in [3.63, 3.8) is 0 Å². The third-order valence-corrected chi connectivity index (χ3v) is 5.40. The average Bonchev–Trinajstić information content (AvgIpc) is 3.27. The Balaban J connectivity index is 1.93. The highest BCUT2D eigenvalue weighted by Gasteiger charge is 2.22. The zero-order chi connectivity index (χ0) is 20.5. The number of aromatic nitrogens is 5. The second kappa shape index (κ2) is 8.19. The highest BCUT2D eigenvalue weighted by molar-refractivity contribution is 6.35. The Morgan fingerprint density at radius 1 is 1.00 bits per heavy atom. The predicted molar refractivity (Wildman–Crippen MR) is 118 cm³/mol. The van der Waals surface area contributed by atoms with Gasteiger partial charge in [-0.2, -0.15) is 10.2 Å². The van der Waals surface area contributed by atoms with Crippen LogP contribution in [0.1, 0.15) is 24.7 Å². The smallest absolute Gasteiger partial charge is 0.201 e. The lowest BCUT2D eigenvalue weighted by Crippen LogP contribution is -2.00. The number of hydrogen-bond acceptors (Lipinski definition) is 3. The van der Waals surface area contributed by atoms with Gasteiger partial charge in [0.1, 0.15) is 11.5 Å². The van der Waals surface area contributed by atoms with Gasteiger partial charge in [-0.1, -0.05) is 53.9 Å². The SMILES string of the molecule is CCCc1nc(-c2nn(-c3ccc(Cl)cc3Cl)c(-c3ccc(Cl)cc3)c2C)n[nH]1. The summed E-state index contributed by atoms with van der Waals surface area (Å²) in [6, 6.07) is 12.9. The molecule has 148 valence electrons. The minimum atomic E-state index is 0.503. The maximum absolute atomic E-state index is 6.50. The minimum Gasteiger partial charge on any atom is -0.263 e. The van der Waals surface area contributed by atoms with Crippen LogP contribution in [0.3, 0.4) is 0 Å². The Bertz CT molecular complexity index is 1160. The van der Waals surface area contributed by atoms with Gasteiger partial charge in [0, 0.05) is 27.6 Å². The molecule has 2 heterocycles. The summed E-state index contributed by atoms with van der Waals surface area (Å²) in [5, 5.41) is 13.9. The summed E-state index contributed by atoms with van der Waals surface area (Å²) in [6.45, 7) is 4.10. The first-order chi connectivity index (χ1) is 14.0. The van der Waals surface area contributed by atoms with Crippen molar-refractivity contribution in [2.45, 2.75) is 26.7 Å². The lowest BCUT2D eigenvalue weighted by molar-refractivity contribution is 0.841. The molecule has 5 nitrogen and oxygen atoms in total. The van der Waals surface area contributed by atoms with E-state index in [4.69, 9.17) is 39.9 Å². The molecule has 29 heavy (non-hydrogen) atoms. The van der Waals surface area contributed by atoms with Crippen LogP contribution in [-0.4, -0.2) is 25.0 Å². The molecule has 0 unspecified atom stereocenters. The number of rotatable bonds is 5. The van der Waals surface area contributed by atoms with Gasteiger partial charge in [0.2, 0.25) is 5.82 Å². The minimum absolute atomic E-state index is 0.503. The number of aromatic amines is 1. The Morgan fingerprint density at radius 3 is 2.41 bits per heavy atom. The van der Waals surface area contributed by atoms with Gasteiger partial charge in [-0.3, -0.25) is 5.10 Å². The normalized spacial score (nSPS) is 11.2. The summed E-state index contributed by atoms with van der Waals surface area (Å²) in [6.07, 6.45) is 1.82. The van der Waals surface area contributed by atoms with Crippen LogP contribution in [0, 0.1) is 6.92 Å². The van der Waals surface area contributed by atoms with E-state index in [1.807, 2.05) is 41.9 Å². The number of benzene rings is 2. The van der Waals surface area contributed by atoms with Gasteiger partial charge in [0.05, 0.1) is 16.4 Å². The third-order valence-electron chi connectivity index (χ3n) is 4.61. The fourth-order valence-corrected chi connectivity index (χ4v) is 3.85. The quantitative estimate of drug-likeness (QED) is 0.378. The van der Waals surface area contributed by atoms with Crippen molar-refractivity contribution < 1.29 is 0 Å². The fraction of sp³-hybridized carbons (Fsp3) is 0.190. The van der Waals surface area contributed by atoms with Crippen molar-refractivity contribution in [1.29, 1.82) is 0 Å². The number of H-pyrrole nitrogens is 1. The molecule has 2 aromatic heterocycles. The highest BCUT2D eigenvalue weighted by Crippen LogP contribution is 2.35. The first-order valence-electron chi connectivity index (χ1n) is 9.20. The van der Waals surface area contributed by atoms with Crippen molar-refractivity contribution in [3.05, 3.63) is 68.9 Å². The molecule has 0 atom stereocenters. The van der Waals surface area contributed by atoms with E-state index in [1.165, 1.54) is 0 Å². The molecule has 0 amide bonds. The lowest BCUT2D eigenvalue weighted by Gasteiger charge is -2.11. The van der Waals surface area contributed by atoms with E-state index >= 15 is 0 Å². The van der Waals surface area contributed by atoms with Crippen LogP contribution in [0.25, 0.3) is 28.5 Å². The lowest BCUT2D eigenvalue weighted by atomic mass is 10.1. The van der Waals surface area contributed by atoms with Crippen molar-refractivity contribution in [2.24, 2.45) is 0 Å². The number of nitrogens with one attached hydrogen (secondary N) is 1. The maximum atomic E-state index is 6.50. The molecule has 0 saturated heterocycles. The van der Waals surface area contributed by atoms with E-state index in [9.17, 15) is 0 Å². The van der Waals surface area contributed by atoms with Gasteiger partial charge >= 0.3 is 0 Å². The van der Waals surface area contributed by atoms with Crippen molar-refractivity contribution in [2.75, 3.05) is 0 Å². The molecule has 0 aliphatic carbocycles. The number of aryl methyl sites for hydroxylation is 1. The highest BCUT2D eigenvalue weighted by atomic mass is 35.5. The molecule has 0 saturated carbocycles. The summed E-state index contributed by atoms with van der Waals surface area (Å²) in [5.41, 5.74) is 4.21. The molecular formula is C21H18Cl3N5. The van der Waals surface area contributed by atoms with E-state index in [0.717, 1.165) is 41.2 Å². The van der Waals surface area contributed by atoms with E-state index in [-0.39, 0.29) is 0 Å². The van der Waals surface area contributed by atoms with Crippen molar-refractivity contribution in [3.8, 4) is 28.5 Å². The monoisotopic (exact) mass is 445 g/mol. The standard InChI is InChI=1S/C21H18Cl3N5/c1-3-4-18-25-21(27-26-18)19-12(2)20(13-5-7-14(22)8-6-13)29(28-19)17-10-9-15(23)11-16(17)24/h5-11H,3-4H2,1-2H3,(H,25,26,27). The number of halogens is 3. The van der Waals surface area contributed by atoms with Crippen LogP contribution >= 0.6 is 34.8 Å². The summed E-state index contributed by atoms with van der Waals surface area (Å²) in [5.74, 6) is 1.40. The molecular weight excluding hydrogens is 429 g/mol. The molecule has 1 N–H and O–H groups in total. The predicted octanol–water partition coefficient (Wildman–Crippen LogP) is 6.55. The van der Waals surface area contributed by atoms with Gasteiger partial charge in [-0.25, -0.2) is 9.67 Å². The van der Waals surface area contributed by atoms with E-state index < -0.39 is 0 Å². The molecule has 4 rings (SSSR count). The van der Waals surface area contributed by atoms with Gasteiger partial charge in [-0.15, -0.1) is 0 Å². The van der Waals surface area contributed by atoms with Crippen LogP contribution in [-0.2, 0) is 6.42 Å². The van der Waals surface area contributed by atoms with E-state index in [2.05, 4.69) is 22.1 Å².